The van der Waals surface area contributed by atoms with E-state index in [9.17, 15) is 0 Å². The molecule has 0 unspecified atom stereocenters. The molecule has 3 rings (SSSR count). The Bertz CT molecular complexity index is 882. The molecule has 0 saturated heterocycles. The van der Waals surface area contributed by atoms with Crippen molar-refractivity contribution in [3.8, 4) is 17.2 Å². The maximum absolute atomic E-state index is 9.16. The van der Waals surface area contributed by atoms with Gasteiger partial charge in [0.05, 0.1) is 11.6 Å². The van der Waals surface area contributed by atoms with Crippen molar-refractivity contribution in [1.82, 2.24) is 0 Å². The fraction of sp³-hybridized carbons (Fsp3) is 0.136. The van der Waals surface area contributed by atoms with Crippen LogP contribution >= 0.6 is 0 Å². The second kappa shape index (κ2) is 6.60. The highest BCUT2D eigenvalue weighted by molar-refractivity contribution is 5.83. The number of hydrogen-bond donors (Lipinski definition) is 0. The summed E-state index contributed by atoms with van der Waals surface area (Å²) in [6, 6.07) is 25.0. The van der Waals surface area contributed by atoms with Gasteiger partial charge in [0.1, 0.15) is 0 Å². The Hall–Kier alpha value is -3.05. The fourth-order valence-electron chi connectivity index (χ4n) is 3.30. The maximum atomic E-state index is 9.16. The molecule has 3 aromatic carbocycles. The molecular formula is C22H20N2. The van der Waals surface area contributed by atoms with Gasteiger partial charge < -0.3 is 4.90 Å². The van der Waals surface area contributed by atoms with Crippen molar-refractivity contribution in [2.45, 2.75) is 13.8 Å². The number of anilines is 2. The molecule has 0 bridgehead atoms. The smallest absolute Gasteiger partial charge is 0.0991 e. The Morgan fingerprint density at radius 2 is 1.42 bits per heavy atom. The first-order valence-corrected chi connectivity index (χ1v) is 8.01. The van der Waals surface area contributed by atoms with E-state index in [1.165, 1.54) is 11.1 Å². The molecule has 0 radical (unpaired) electrons. The van der Waals surface area contributed by atoms with E-state index in [1.807, 2.05) is 18.2 Å². The summed E-state index contributed by atoms with van der Waals surface area (Å²) in [7, 11) is 2.09. The standard InChI is InChI=1S/C22H20N2/c1-16-13-18(15-23)14-17(2)22(16)24(3)21-12-8-7-11-20(21)19-9-5-4-6-10-19/h4-14H,1-3H3. The third-order valence-electron chi connectivity index (χ3n) is 4.31. The largest absolute Gasteiger partial charge is 0.344 e. The molecule has 24 heavy (non-hydrogen) atoms. The number of hydrogen-bond acceptors (Lipinski definition) is 2. The van der Waals surface area contributed by atoms with Crippen LogP contribution in [-0.2, 0) is 0 Å². The Balaban J connectivity index is 2.13. The van der Waals surface area contributed by atoms with Crippen LogP contribution in [-0.4, -0.2) is 7.05 Å². The van der Waals surface area contributed by atoms with Crippen LogP contribution in [0.15, 0.2) is 66.7 Å². The number of nitrogens with zero attached hydrogens (tertiary/aromatic N) is 2. The topological polar surface area (TPSA) is 27.0 Å². The van der Waals surface area contributed by atoms with E-state index in [0.29, 0.717) is 5.56 Å². The van der Waals surface area contributed by atoms with Crippen molar-refractivity contribution < 1.29 is 0 Å². The van der Waals surface area contributed by atoms with E-state index in [4.69, 9.17) is 5.26 Å². The van der Waals surface area contributed by atoms with Gasteiger partial charge in [-0.25, -0.2) is 0 Å². The molecule has 0 aliphatic carbocycles. The highest BCUT2D eigenvalue weighted by Gasteiger charge is 2.15. The highest BCUT2D eigenvalue weighted by atomic mass is 15.1. The first-order chi connectivity index (χ1) is 11.6. The maximum Gasteiger partial charge on any atom is 0.0991 e. The van der Waals surface area contributed by atoms with Gasteiger partial charge in [0.2, 0.25) is 0 Å². The van der Waals surface area contributed by atoms with Crippen molar-refractivity contribution in [1.29, 1.82) is 5.26 Å². The SMILES string of the molecule is Cc1cc(C#N)cc(C)c1N(C)c1ccccc1-c1ccccc1. The molecule has 2 heteroatoms. The van der Waals surface area contributed by atoms with Gasteiger partial charge in [-0.3, -0.25) is 0 Å². The summed E-state index contributed by atoms with van der Waals surface area (Å²) in [4.78, 5) is 2.22. The van der Waals surface area contributed by atoms with Crippen molar-refractivity contribution in [2.24, 2.45) is 0 Å². The van der Waals surface area contributed by atoms with Crippen molar-refractivity contribution >= 4 is 11.4 Å². The summed E-state index contributed by atoms with van der Waals surface area (Å²) in [6.45, 7) is 4.12. The number of aryl methyl sites for hydroxylation is 2. The van der Waals surface area contributed by atoms with E-state index in [0.717, 1.165) is 22.5 Å². The van der Waals surface area contributed by atoms with Crippen molar-refractivity contribution in [3.63, 3.8) is 0 Å². The van der Waals surface area contributed by atoms with Gasteiger partial charge in [-0.1, -0.05) is 48.5 Å². The zero-order valence-corrected chi connectivity index (χ0v) is 14.2. The van der Waals surface area contributed by atoms with Crippen LogP contribution in [0.3, 0.4) is 0 Å². The summed E-state index contributed by atoms with van der Waals surface area (Å²) in [5.74, 6) is 0. The average Bonchev–Trinajstić information content (AvgIpc) is 2.61. The van der Waals surface area contributed by atoms with E-state index in [-0.39, 0.29) is 0 Å². The van der Waals surface area contributed by atoms with Gasteiger partial charge in [0.15, 0.2) is 0 Å². The third-order valence-corrected chi connectivity index (χ3v) is 4.31. The lowest BCUT2D eigenvalue weighted by molar-refractivity contribution is 1.16. The van der Waals surface area contributed by atoms with Crippen LogP contribution in [0.25, 0.3) is 11.1 Å². The van der Waals surface area contributed by atoms with Gasteiger partial charge in [-0.05, 0) is 48.7 Å². The van der Waals surface area contributed by atoms with Crippen LogP contribution < -0.4 is 4.90 Å². The second-order valence-electron chi connectivity index (χ2n) is 6.01. The monoisotopic (exact) mass is 312 g/mol. The van der Waals surface area contributed by atoms with Crippen LogP contribution in [0.4, 0.5) is 11.4 Å². The van der Waals surface area contributed by atoms with Gasteiger partial charge in [0, 0.05) is 24.0 Å². The van der Waals surface area contributed by atoms with Crippen LogP contribution in [0.2, 0.25) is 0 Å². The van der Waals surface area contributed by atoms with Crippen LogP contribution in [0.5, 0.6) is 0 Å². The zero-order chi connectivity index (χ0) is 17.1. The van der Waals surface area contributed by atoms with Crippen LogP contribution in [0.1, 0.15) is 16.7 Å². The number of nitriles is 1. The van der Waals surface area contributed by atoms with E-state index < -0.39 is 0 Å². The van der Waals surface area contributed by atoms with Gasteiger partial charge >= 0.3 is 0 Å². The van der Waals surface area contributed by atoms with Crippen LogP contribution in [0, 0.1) is 25.2 Å². The summed E-state index contributed by atoms with van der Waals surface area (Å²) in [5.41, 5.74) is 7.62. The molecular weight excluding hydrogens is 292 g/mol. The number of benzene rings is 3. The quantitative estimate of drug-likeness (QED) is 0.628. The van der Waals surface area contributed by atoms with E-state index in [2.05, 4.69) is 80.4 Å². The minimum atomic E-state index is 0.707. The second-order valence-corrected chi connectivity index (χ2v) is 6.01. The molecule has 0 fully saturated rings. The first-order valence-electron chi connectivity index (χ1n) is 8.01. The average molecular weight is 312 g/mol. The summed E-state index contributed by atoms with van der Waals surface area (Å²) in [6.07, 6.45) is 0. The molecule has 0 heterocycles. The minimum Gasteiger partial charge on any atom is -0.344 e. The predicted molar refractivity (Wildman–Crippen MR) is 101 cm³/mol. The summed E-state index contributed by atoms with van der Waals surface area (Å²) >= 11 is 0. The van der Waals surface area contributed by atoms with Gasteiger partial charge in [0.25, 0.3) is 0 Å². The number of rotatable bonds is 3. The molecule has 118 valence electrons. The molecule has 0 saturated carbocycles. The van der Waals surface area contributed by atoms with Crippen molar-refractivity contribution in [2.75, 3.05) is 11.9 Å². The highest BCUT2D eigenvalue weighted by Crippen LogP contribution is 2.37. The summed E-state index contributed by atoms with van der Waals surface area (Å²) in [5, 5.41) is 9.16. The zero-order valence-electron chi connectivity index (χ0n) is 14.2. The fourth-order valence-corrected chi connectivity index (χ4v) is 3.30. The Kier molecular flexibility index (Phi) is 4.35. The number of para-hydroxylation sites is 1. The first kappa shape index (κ1) is 15.8. The molecule has 3 aromatic rings. The molecule has 2 nitrogen and oxygen atoms in total. The Morgan fingerprint density at radius 3 is 2.04 bits per heavy atom. The molecule has 0 N–H and O–H groups in total. The molecule has 0 aliphatic rings. The third kappa shape index (κ3) is 2.89. The van der Waals surface area contributed by atoms with E-state index in [1.54, 1.807) is 0 Å². The lowest BCUT2D eigenvalue weighted by Gasteiger charge is -2.26. The van der Waals surface area contributed by atoms with E-state index >= 15 is 0 Å². The Labute approximate surface area is 143 Å². The molecule has 0 aliphatic heterocycles. The van der Waals surface area contributed by atoms with Gasteiger partial charge in [-0.15, -0.1) is 0 Å². The summed E-state index contributed by atoms with van der Waals surface area (Å²) < 4.78 is 0. The molecule has 0 spiro atoms. The normalized spacial score (nSPS) is 10.2. The van der Waals surface area contributed by atoms with Gasteiger partial charge in [-0.2, -0.15) is 5.26 Å². The predicted octanol–water partition coefficient (Wildman–Crippen LogP) is 5.61. The molecule has 0 amide bonds. The lowest BCUT2D eigenvalue weighted by Crippen LogP contribution is -2.13. The van der Waals surface area contributed by atoms with Crippen molar-refractivity contribution in [3.05, 3.63) is 83.4 Å². The Morgan fingerprint density at radius 1 is 0.833 bits per heavy atom. The lowest BCUT2D eigenvalue weighted by atomic mass is 10.00. The minimum absolute atomic E-state index is 0.707. The molecule has 0 atom stereocenters. The molecule has 0 aromatic heterocycles.